The Morgan fingerprint density at radius 2 is 1.53 bits per heavy atom. The molecule has 1 aromatic heterocycles. The van der Waals surface area contributed by atoms with Gasteiger partial charge in [-0.1, -0.05) is 33.8 Å². The maximum atomic E-state index is 13.4. The standard InChI is InChI=1S/C23H28F6N2O2S/c1-13-18(34(30,32)33)11-17(31(13)12-19(22(24,25)26)23(27,28)29)14-8-15(20(2,3)4)10-16(9-14)21(5)6-7-21/h8-11,19H,6-7,12H2,1-5H3,(H2,30,32,33). The summed E-state index contributed by atoms with van der Waals surface area (Å²) in [6.45, 7) is 7.49. The predicted molar refractivity (Wildman–Crippen MR) is 117 cm³/mol. The lowest BCUT2D eigenvalue weighted by Crippen LogP contribution is -2.39. The maximum Gasteiger partial charge on any atom is 0.402 e. The molecule has 0 atom stereocenters. The number of benzene rings is 1. The Labute approximate surface area is 195 Å². The van der Waals surface area contributed by atoms with Gasteiger partial charge in [0.2, 0.25) is 10.0 Å². The van der Waals surface area contributed by atoms with E-state index in [1.54, 1.807) is 12.1 Å². The molecule has 0 aliphatic heterocycles. The van der Waals surface area contributed by atoms with Gasteiger partial charge in [0.15, 0.2) is 5.92 Å². The zero-order valence-corrected chi connectivity index (χ0v) is 20.3. The monoisotopic (exact) mass is 510 g/mol. The molecule has 1 aliphatic rings. The molecule has 4 nitrogen and oxygen atoms in total. The van der Waals surface area contributed by atoms with Crippen LogP contribution in [0.15, 0.2) is 29.2 Å². The second-order valence-corrected chi connectivity index (χ2v) is 11.9. The molecular weight excluding hydrogens is 482 g/mol. The van der Waals surface area contributed by atoms with Gasteiger partial charge in [-0.2, -0.15) is 26.3 Å². The molecule has 0 spiro atoms. The molecule has 1 aromatic carbocycles. The molecule has 0 unspecified atom stereocenters. The Morgan fingerprint density at radius 3 is 1.94 bits per heavy atom. The molecule has 34 heavy (non-hydrogen) atoms. The van der Waals surface area contributed by atoms with Gasteiger partial charge in [-0.3, -0.25) is 0 Å². The summed E-state index contributed by atoms with van der Waals surface area (Å²) in [5, 5.41) is 5.24. The zero-order chi connectivity index (χ0) is 26.1. The summed E-state index contributed by atoms with van der Waals surface area (Å²) in [5.74, 6) is -3.68. The third kappa shape index (κ3) is 5.30. The van der Waals surface area contributed by atoms with Crippen molar-refractivity contribution in [2.45, 2.75) is 82.1 Å². The van der Waals surface area contributed by atoms with Crippen LogP contribution in [0.5, 0.6) is 0 Å². The largest absolute Gasteiger partial charge is 0.402 e. The first-order valence-electron chi connectivity index (χ1n) is 10.7. The number of nitrogens with zero attached hydrogens (tertiary/aromatic N) is 1. The molecule has 0 saturated heterocycles. The van der Waals surface area contributed by atoms with Crippen molar-refractivity contribution in [1.29, 1.82) is 0 Å². The van der Waals surface area contributed by atoms with E-state index in [1.807, 2.05) is 33.8 Å². The van der Waals surface area contributed by atoms with Crippen LogP contribution in [-0.2, 0) is 27.4 Å². The molecule has 1 saturated carbocycles. The summed E-state index contributed by atoms with van der Waals surface area (Å²) in [6.07, 6.45) is -9.36. The van der Waals surface area contributed by atoms with E-state index in [4.69, 9.17) is 5.14 Å². The minimum Gasteiger partial charge on any atom is -0.343 e. The van der Waals surface area contributed by atoms with Crippen LogP contribution >= 0.6 is 0 Å². The molecule has 1 fully saturated rings. The summed E-state index contributed by atoms with van der Waals surface area (Å²) in [7, 11) is -4.40. The van der Waals surface area contributed by atoms with Gasteiger partial charge < -0.3 is 4.57 Å². The lowest BCUT2D eigenvalue weighted by molar-refractivity contribution is -0.287. The summed E-state index contributed by atoms with van der Waals surface area (Å²) in [4.78, 5) is -0.508. The number of aromatic nitrogens is 1. The molecule has 2 aromatic rings. The minimum absolute atomic E-state index is 0.0587. The van der Waals surface area contributed by atoms with Crippen LogP contribution in [0.1, 0.15) is 57.4 Å². The van der Waals surface area contributed by atoms with Crippen LogP contribution in [0.2, 0.25) is 0 Å². The topological polar surface area (TPSA) is 65.1 Å². The number of nitrogens with two attached hydrogens (primary N) is 1. The van der Waals surface area contributed by atoms with Crippen LogP contribution in [-0.4, -0.2) is 25.3 Å². The van der Waals surface area contributed by atoms with Crippen molar-refractivity contribution in [3.05, 3.63) is 41.1 Å². The van der Waals surface area contributed by atoms with E-state index >= 15 is 0 Å². The Morgan fingerprint density at radius 1 is 1.00 bits per heavy atom. The quantitative estimate of drug-likeness (QED) is 0.487. The minimum atomic E-state index is -5.58. The Balaban J connectivity index is 2.31. The van der Waals surface area contributed by atoms with Gasteiger partial charge in [0.05, 0.1) is 0 Å². The number of alkyl halides is 6. The fraction of sp³-hybridized carbons (Fsp3) is 0.565. The Bertz CT molecular complexity index is 1160. The van der Waals surface area contributed by atoms with Crippen LogP contribution in [0.4, 0.5) is 26.3 Å². The number of rotatable bonds is 5. The first-order valence-corrected chi connectivity index (χ1v) is 12.2. The third-order valence-electron chi connectivity index (χ3n) is 6.57. The predicted octanol–water partition coefficient (Wildman–Crippen LogP) is 6.20. The molecule has 0 radical (unpaired) electrons. The summed E-state index contributed by atoms with van der Waals surface area (Å²) in [5.41, 5.74) is 1.22. The maximum absolute atomic E-state index is 13.4. The van der Waals surface area contributed by atoms with E-state index < -0.39 is 39.7 Å². The Kier molecular flexibility index (Phi) is 6.26. The smallest absolute Gasteiger partial charge is 0.343 e. The number of halogens is 6. The van der Waals surface area contributed by atoms with Crippen molar-refractivity contribution in [3.63, 3.8) is 0 Å². The summed E-state index contributed by atoms with van der Waals surface area (Å²) < 4.78 is 105. The van der Waals surface area contributed by atoms with Crippen molar-refractivity contribution >= 4 is 10.0 Å². The van der Waals surface area contributed by atoms with Gasteiger partial charge in [-0.05, 0) is 65.5 Å². The van der Waals surface area contributed by atoms with Crippen molar-refractivity contribution in [3.8, 4) is 11.3 Å². The highest BCUT2D eigenvalue weighted by molar-refractivity contribution is 7.89. The fourth-order valence-corrected chi connectivity index (χ4v) is 4.79. The molecule has 11 heteroatoms. The van der Waals surface area contributed by atoms with Crippen LogP contribution in [0, 0.1) is 12.8 Å². The summed E-state index contributed by atoms with van der Waals surface area (Å²) in [6, 6.07) is 6.46. The second-order valence-electron chi connectivity index (χ2n) is 10.4. The molecule has 1 aliphatic carbocycles. The summed E-state index contributed by atoms with van der Waals surface area (Å²) >= 11 is 0. The number of sulfonamides is 1. The van der Waals surface area contributed by atoms with E-state index in [0.717, 1.165) is 41.5 Å². The number of hydrogen-bond acceptors (Lipinski definition) is 2. The molecule has 0 amide bonds. The van der Waals surface area contributed by atoms with E-state index in [0.29, 0.717) is 5.56 Å². The molecule has 1 heterocycles. The van der Waals surface area contributed by atoms with E-state index in [-0.39, 0.29) is 22.2 Å². The highest BCUT2D eigenvalue weighted by Crippen LogP contribution is 2.49. The highest BCUT2D eigenvalue weighted by Gasteiger charge is 2.57. The first kappa shape index (κ1) is 26.6. The highest BCUT2D eigenvalue weighted by atomic mass is 32.2. The first-order chi connectivity index (χ1) is 15.1. The molecule has 2 N–H and O–H groups in total. The van der Waals surface area contributed by atoms with Gasteiger partial charge in [0.25, 0.3) is 0 Å². The van der Waals surface area contributed by atoms with E-state index in [2.05, 4.69) is 0 Å². The average Bonchev–Trinajstić information content (AvgIpc) is 3.29. The normalized spacial score (nSPS) is 16.9. The van der Waals surface area contributed by atoms with Crippen molar-refractivity contribution in [2.24, 2.45) is 11.1 Å². The van der Waals surface area contributed by atoms with Gasteiger partial charge in [-0.25, -0.2) is 13.6 Å². The van der Waals surface area contributed by atoms with Gasteiger partial charge >= 0.3 is 12.4 Å². The molecular formula is C23H28F6N2O2S. The fourth-order valence-electron chi connectivity index (χ4n) is 3.99. The zero-order valence-electron chi connectivity index (χ0n) is 19.5. The average molecular weight is 511 g/mol. The lowest BCUT2D eigenvalue weighted by Gasteiger charge is -2.26. The Hall–Kier alpha value is -2.01. The van der Waals surface area contributed by atoms with E-state index in [9.17, 15) is 34.8 Å². The van der Waals surface area contributed by atoms with Crippen molar-refractivity contribution < 1.29 is 34.8 Å². The van der Waals surface area contributed by atoms with Gasteiger partial charge in [-0.15, -0.1) is 0 Å². The van der Waals surface area contributed by atoms with Crippen LogP contribution < -0.4 is 5.14 Å². The third-order valence-corrected chi connectivity index (χ3v) is 7.60. The molecule has 190 valence electrons. The SMILES string of the molecule is Cc1c(S(N)(=O)=O)cc(-c2cc(C(C)(C)C)cc(C3(C)CC3)c2)n1CC(C(F)(F)F)C(F)(F)F. The van der Waals surface area contributed by atoms with Crippen molar-refractivity contribution in [2.75, 3.05) is 0 Å². The lowest BCUT2D eigenvalue weighted by atomic mass is 9.82. The van der Waals surface area contributed by atoms with Crippen LogP contribution in [0.25, 0.3) is 11.3 Å². The number of primary sulfonamides is 1. The van der Waals surface area contributed by atoms with Crippen molar-refractivity contribution in [1.82, 2.24) is 4.57 Å². The van der Waals surface area contributed by atoms with Crippen LogP contribution in [0.3, 0.4) is 0 Å². The second kappa shape index (κ2) is 8.01. The van der Waals surface area contributed by atoms with Gasteiger partial charge in [0, 0.05) is 17.9 Å². The molecule has 3 rings (SSSR count). The molecule has 0 bridgehead atoms. The van der Waals surface area contributed by atoms with Gasteiger partial charge in [0.1, 0.15) is 4.90 Å². The van der Waals surface area contributed by atoms with E-state index in [1.165, 1.54) is 0 Å². The number of hydrogen-bond donors (Lipinski definition) is 1.